The maximum absolute atomic E-state index is 5.87. The highest BCUT2D eigenvalue weighted by Crippen LogP contribution is 2.35. The van der Waals surface area contributed by atoms with Crippen LogP contribution in [0.25, 0.3) is 0 Å². The summed E-state index contributed by atoms with van der Waals surface area (Å²) in [6.07, 6.45) is 9.21. The van der Waals surface area contributed by atoms with Crippen LogP contribution in [0.2, 0.25) is 0 Å². The molecule has 0 aromatic carbocycles. The second-order valence-corrected chi connectivity index (χ2v) is 5.32. The molecule has 2 rings (SSSR count). The monoisotopic (exact) mass is 236 g/mol. The highest BCUT2D eigenvalue weighted by atomic mass is 16.4. The average Bonchev–Trinajstić information content (AvgIpc) is 2.79. The Morgan fingerprint density at radius 2 is 2.12 bits per heavy atom. The maximum atomic E-state index is 5.87. The number of nitrogens with one attached hydrogen (secondary N) is 1. The quantitative estimate of drug-likeness (QED) is 0.798. The lowest BCUT2D eigenvalue weighted by atomic mass is 9.82. The molecule has 0 radical (unpaired) electrons. The molecule has 0 aliphatic heterocycles. The van der Waals surface area contributed by atoms with E-state index >= 15 is 0 Å². The molecule has 1 aliphatic carbocycles. The van der Waals surface area contributed by atoms with E-state index in [4.69, 9.17) is 4.42 Å². The van der Waals surface area contributed by atoms with Gasteiger partial charge in [0.2, 0.25) is 0 Å². The molecule has 1 heterocycles. The summed E-state index contributed by atoms with van der Waals surface area (Å²) in [6.45, 7) is 3.37. The summed E-state index contributed by atoms with van der Waals surface area (Å²) in [4.78, 5) is 4.39. The van der Waals surface area contributed by atoms with Crippen LogP contribution in [-0.4, -0.2) is 18.6 Å². The van der Waals surface area contributed by atoms with E-state index in [9.17, 15) is 0 Å². The summed E-state index contributed by atoms with van der Waals surface area (Å²) in [5.41, 5.74) is 0. The molecule has 1 aromatic rings. The topological polar surface area (TPSA) is 38.1 Å². The van der Waals surface area contributed by atoms with E-state index in [0.29, 0.717) is 5.92 Å². The second kappa shape index (κ2) is 6.20. The van der Waals surface area contributed by atoms with Crippen LogP contribution in [0.5, 0.6) is 0 Å². The van der Waals surface area contributed by atoms with Crippen molar-refractivity contribution in [3.63, 3.8) is 0 Å². The minimum Gasteiger partial charge on any atom is -0.445 e. The largest absolute Gasteiger partial charge is 0.445 e. The average molecular weight is 236 g/mol. The van der Waals surface area contributed by atoms with Crippen LogP contribution in [-0.2, 0) is 6.42 Å². The summed E-state index contributed by atoms with van der Waals surface area (Å²) < 4.78 is 5.87. The standard InChI is InChI=1S/C14H24N2O/c1-11-5-7-12(8-6-11)13-10-16-14(17-13)4-3-9-15-2/h10-12,15H,3-9H2,1-2H3. The van der Waals surface area contributed by atoms with Gasteiger partial charge in [0, 0.05) is 12.3 Å². The van der Waals surface area contributed by atoms with Crippen LogP contribution < -0.4 is 5.32 Å². The van der Waals surface area contributed by atoms with Crippen LogP contribution >= 0.6 is 0 Å². The molecule has 0 spiro atoms. The summed E-state index contributed by atoms with van der Waals surface area (Å²) in [5.74, 6) is 3.55. The van der Waals surface area contributed by atoms with Gasteiger partial charge in [0.1, 0.15) is 5.76 Å². The molecular formula is C14H24N2O. The van der Waals surface area contributed by atoms with Gasteiger partial charge in [-0.25, -0.2) is 4.98 Å². The van der Waals surface area contributed by atoms with Gasteiger partial charge in [-0.1, -0.05) is 19.8 Å². The van der Waals surface area contributed by atoms with Gasteiger partial charge in [0.15, 0.2) is 5.89 Å². The van der Waals surface area contributed by atoms with E-state index < -0.39 is 0 Å². The molecule has 3 nitrogen and oxygen atoms in total. The van der Waals surface area contributed by atoms with Gasteiger partial charge in [0.05, 0.1) is 6.20 Å². The maximum Gasteiger partial charge on any atom is 0.194 e. The number of hydrogen-bond donors (Lipinski definition) is 1. The Morgan fingerprint density at radius 1 is 1.35 bits per heavy atom. The molecule has 17 heavy (non-hydrogen) atoms. The van der Waals surface area contributed by atoms with Crippen LogP contribution in [0.15, 0.2) is 10.6 Å². The first-order valence-corrected chi connectivity index (χ1v) is 6.88. The van der Waals surface area contributed by atoms with Crippen molar-refractivity contribution in [1.29, 1.82) is 0 Å². The van der Waals surface area contributed by atoms with Gasteiger partial charge in [-0.2, -0.15) is 0 Å². The molecule has 3 heteroatoms. The highest BCUT2D eigenvalue weighted by molar-refractivity contribution is 5.03. The van der Waals surface area contributed by atoms with Gasteiger partial charge >= 0.3 is 0 Å². The molecule has 1 fully saturated rings. The first-order chi connectivity index (χ1) is 8.29. The van der Waals surface area contributed by atoms with E-state index in [1.165, 1.54) is 25.7 Å². The number of nitrogens with zero attached hydrogens (tertiary/aromatic N) is 1. The molecule has 0 atom stereocenters. The Morgan fingerprint density at radius 3 is 2.82 bits per heavy atom. The molecule has 1 aliphatic rings. The van der Waals surface area contributed by atoms with Crippen molar-refractivity contribution < 1.29 is 4.42 Å². The normalized spacial score (nSPS) is 25.1. The third kappa shape index (κ3) is 3.56. The molecule has 0 saturated heterocycles. The zero-order chi connectivity index (χ0) is 12.1. The second-order valence-electron chi connectivity index (χ2n) is 5.32. The van der Waals surface area contributed by atoms with E-state index in [-0.39, 0.29) is 0 Å². The molecule has 1 saturated carbocycles. The Kier molecular flexibility index (Phi) is 4.60. The lowest BCUT2D eigenvalue weighted by Crippen LogP contribution is -2.10. The molecule has 0 unspecified atom stereocenters. The fourth-order valence-electron chi connectivity index (χ4n) is 2.59. The number of aryl methyl sites for hydroxylation is 1. The molecule has 1 aromatic heterocycles. The van der Waals surface area contributed by atoms with E-state index in [1.54, 1.807) is 0 Å². The third-order valence-corrected chi connectivity index (χ3v) is 3.81. The van der Waals surface area contributed by atoms with Gasteiger partial charge < -0.3 is 9.73 Å². The molecule has 0 amide bonds. The minimum absolute atomic E-state index is 0.622. The first kappa shape index (κ1) is 12.6. The lowest BCUT2D eigenvalue weighted by Gasteiger charge is -2.24. The van der Waals surface area contributed by atoms with Gasteiger partial charge in [0.25, 0.3) is 0 Å². The van der Waals surface area contributed by atoms with Crippen molar-refractivity contribution in [2.75, 3.05) is 13.6 Å². The van der Waals surface area contributed by atoms with Crippen LogP contribution in [0, 0.1) is 5.92 Å². The van der Waals surface area contributed by atoms with Crippen LogP contribution in [0.4, 0.5) is 0 Å². The predicted molar refractivity (Wildman–Crippen MR) is 69.1 cm³/mol. The Balaban J connectivity index is 1.85. The Hall–Kier alpha value is -0.830. The Labute approximate surface area is 104 Å². The molecule has 0 bridgehead atoms. The molecular weight excluding hydrogens is 212 g/mol. The highest BCUT2D eigenvalue weighted by Gasteiger charge is 2.22. The van der Waals surface area contributed by atoms with Crippen molar-refractivity contribution in [1.82, 2.24) is 10.3 Å². The van der Waals surface area contributed by atoms with Crippen LogP contribution in [0.3, 0.4) is 0 Å². The predicted octanol–water partition coefficient (Wildman–Crippen LogP) is 3.12. The fourth-order valence-corrected chi connectivity index (χ4v) is 2.59. The first-order valence-electron chi connectivity index (χ1n) is 6.88. The number of aromatic nitrogens is 1. The SMILES string of the molecule is CNCCCc1ncc(C2CCC(C)CC2)o1. The zero-order valence-electron chi connectivity index (χ0n) is 11.0. The van der Waals surface area contributed by atoms with Gasteiger partial charge in [-0.05, 0) is 38.8 Å². The summed E-state index contributed by atoms with van der Waals surface area (Å²) in [7, 11) is 1.98. The number of rotatable bonds is 5. The van der Waals surface area contributed by atoms with Crippen molar-refractivity contribution in [3.05, 3.63) is 17.8 Å². The molecule has 1 N–H and O–H groups in total. The Bertz CT molecular complexity index is 327. The number of hydrogen-bond acceptors (Lipinski definition) is 3. The van der Waals surface area contributed by atoms with Gasteiger partial charge in [-0.15, -0.1) is 0 Å². The van der Waals surface area contributed by atoms with E-state index in [0.717, 1.165) is 37.0 Å². The van der Waals surface area contributed by atoms with Crippen LogP contribution in [0.1, 0.15) is 56.6 Å². The van der Waals surface area contributed by atoms with Crippen molar-refractivity contribution >= 4 is 0 Å². The van der Waals surface area contributed by atoms with Gasteiger partial charge in [-0.3, -0.25) is 0 Å². The van der Waals surface area contributed by atoms with E-state index in [2.05, 4.69) is 17.2 Å². The lowest BCUT2D eigenvalue weighted by molar-refractivity contribution is 0.308. The summed E-state index contributed by atoms with van der Waals surface area (Å²) in [6, 6.07) is 0. The minimum atomic E-state index is 0.622. The van der Waals surface area contributed by atoms with Crippen molar-refractivity contribution in [2.24, 2.45) is 5.92 Å². The summed E-state index contributed by atoms with van der Waals surface area (Å²) >= 11 is 0. The zero-order valence-corrected chi connectivity index (χ0v) is 11.0. The smallest absolute Gasteiger partial charge is 0.194 e. The molecule has 96 valence electrons. The van der Waals surface area contributed by atoms with E-state index in [1.807, 2.05) is 13.2 Å². The van der Waals surface area contributed by atoms with Crippen molar-refractivity contribution in [2.45, 2.75) is 51.4 Å². The summed E-state index contributed by atoms with van der Waals surface area (Å²) in [5, 5.41) is 3.14. The fraction of sp³-hybridized carbons (Fsp3) is 0.786. The van der Waals surface area contributed by atoms with Crippen molar-refractivity contribution in [3.8, 4) is 0 Å². The number of oxazole rings is 1. The third-order valence-electron chi connectivity index (χ3n) is 3.81.